The number of nitrogens with zero attached hydrogens (tertiary/aromatic N) is 2. The number of benzene rings is 2. The van der Waals surface area contributed by atoms with Crippen molar-refractivity contribution in [1.82, 2.24) is 9.55 Å². The van der Waals surface area contributed by atoms with E-state index in [1.807, 2.05) is 61.9 Å². The Bertz CT molecular complexity index is 939. The Hall–Kier alpha value is -2.67. The summed E-state index contributed by atoms with van der Waals surface area (Å²) in [5, 5.41) is 3.72. The van der Waals surface area contributed by atoms with E-state index < -0.39 is 0 Å². The zero-order valence-electron chi connectivity index (χ0n) is 15.7. The zero-order valence-corrected chi connectivity index (χ0v) is 16.5. The van der Waals surface area contributed by atoms with Crippen molar-refractivity contribution in [3.05, 3.63) is 42.5 Å². The van der Waals surface area contributed by atoms with Crippen molar-refractivity contribution in [2.45, 2.75) is 19.0 Å². The molecule has 1 aromatic heterocycles. The van der Waals surface area contributed by atoms with Crippen molar-refractivity contribution in [3.63, 3.8) is 0 Å². The minimum Gasteiger partial charge on any atom is -0.494 e. The molecule has 0 unspecified atom stereocenters. The molecule has 0 radical (unpaired) electrons. The van der Waals surface area contributed by atoms with Crippen LogP contribution in [0.4, 0.5) is 5.69 Å². The highest BCUT2D eigenvalue weighted by molar-refractivity contribution is 7.99. The number of amides is 1. The fourth-order valence-electron chi connectivity index (χ4n) is 2.71. The normalized spacial score (nSPS) is 10.8. The predicted octanol–water partition coefficient (Wildman–Crippen LogP) is 4.10. The van der Waals surface area contributed by atoms with E-state index >= 15 is 0 Å². The number of fused-ring (bicyclic) bond motifs is 1. The van der Waals surface area contributed by atoms with Gasteiger partial charge in [-0.05, 0) is 38.1 Å². The number of rotatable bonds is 8. The van der Waals surface area contributed by atoms with E-state index in [2.05, 4.69) is 10.3 Å². The molecule has 142 valence electrons. The summed E-state index contributed by atoms with van der Waals surface area (Å²) < 4.78 is 13.1. The topological polar surface area (TPSA) is 65.4 Å². The fourth-order valence-corrected chi connectivity index (χ4v) is 3.50. The molecular formula is C20H23N3O3S. The summed E-state index contributed by atoms with van der Waals surface area (Å²) in [5.74, 6) is 1.45. The van der Waals surface area contributed by atoms with Crippen molar-refractivity contribution in [2.75, 3.05) is 24.3 Å². The van der Waals surface area contributed by atoms with E-state index in [9.17, 15) is 4.79 Å². The average molecular weight is 385 g/mol. The molecule has 0 saturated heterocycles. The number of aryl methyl sites for hydroxylation is 1. The first kappa shape index (κ1) is 19.1. The van der Waals surface area contributed by atoms with Gasteiger partial charge in [-0.1, -0.05) is 23.9 Å². The molecule has 7 heteroatoms. The first-order valence-electron chi connectivity index (χ1n) is 8.86. The summed E-state index contributed by atoms with van der Waals surface area (Å²) in [6, 6.07) is 13.3. The molecule has 1 amide bonds. The standard InChI is InChI=1S/C20H23N3O3S/c1-4-25-14-10-11-18(26-5-2)16(12-14)21-19(24)13-27-20-22-15-8-6-7-9-17(15)23(20)3/h6-12H,4-5,13H2,1-3H3,(H,21,24). The molecule has 6 nitrogen and oxygen atoms in total. The maximum absolute atomic E-state index is 12.5. The summed E-state index contributed by atoms with van der Waals surface area (Å²) in [6.45, 7) is 4.90. The van der Waals surface area contributed by atoms with Crippen LogP contribution in [0.5, 0.6) is 11.5 Å². The molecule has 0 aliphatic rings. The molecule has 0 aliphatic heterocycles. The molecule has 0 spiro atoms. The molecule has 27 heavy (non-hydrogen) atoms. The van der Waals surface area contributed by atoms with Gasteiger partial charge >= 0.3 is 0 Å². The highest BCUT2D eigenvalue weighted by Crippen LogP contribution is 2.30. The van der Waals surface area contributed by atoms with E-state index in [1.54, 1.807) is 6.07 Å². The van der Waals surface area contributed by atoms with Gasteiger partial charge in [-0.3, -0.25) is 4.79 Å². The minimum absolute atomic E-state index is 0.123. The molecule has 0 atom stereocenters. The number of imidazole rings is 1. The molecular weight excluding hydrogens is 362 g/mol. The second-order valence-corrected chi connectivity index (χ2v) is 6.75. The molecule has 3 aromatic rings. The second-order valence-electron chi connectivity index (χ2n) is 5.80. The summed E-state index contributed by atoms with van der Waals surface area (Å²) >= 11 is 1.40. The van der Waals surface area contributed by atoms with Gasteiger partial charge in [0, 0.05) is 13.1 Å². The van der Waals surface area contributed by atoms with Gasteiger partial charge in [-0.25, -0.2) is 4.98 Å². The Balaban J connectivity index is 1.69. The van der Waals surface area contributed by atoms with E-state index in [0.29, 0.717) is 30.4 Å². The number of ether oxygens (including phenoxy) is 2. The highest BCUT2D eigenvalue weighted by atomic mass is 32.2. The van der Waals surface area contributed by atoms with Crippen molar-refractivity contribution >= 4 is 34.4 Å². The third kappa shape index (κ3) is 4.54. The number of anilines is 1. The van der Waals surface area contributed by atoms with Crippen LogP contribution in [0, 0.1) is 0 Å². The lowest BCUT2D eigenvalue weighted by Gasteiger charge is -2.13. The molecule has 0 fully saturated rings. The van der Waals surface area contributed by atoms with Gasteiger partial charge in [0.15, 0.2) is 5.16 Å². The molecule has 0 saturated carbocycles. The quantitative estimate of drug-likeness (QED) is 0.592. The van der Waals surface area contributed by atoms with Crippen LogP contribution in [0.1, 0.15) is 13.8 Å². The van der Waals surface area contributed by atoms with E-state index in [-0.39, 0.29) is 11.7 Å². The fraction of sp³-hybridized carbons (Fsp3) is 0.300. The maximum atomic E-state index is 12.5. The monoisotopic (exact) mass is 385 g/mol. The third-order valence-electron chi connectivity index (χ3n) is 3.91. The summed E-state index contributed by atoms with van der Waals surface area (Å²) in [6.07, 6.45) is 0. The van der Waals surface area contributed by atoms with Crippen LogP contribution in [-0.4, -0.2) is 34.4 Å². The summed E-state index contributed by atoms with van der Waals surface area (Å²) in [4.78, 5) is 17.1. The van der Waals surface area contributed by atoms with E-state index in [1.165, 1.54) is 11.8 Å². The Morgan fingerprint density at radius 1 is 1.15 bits per heavy atom. The Labute approximate surface area is 162 Å². The van der Waals surface area contributed by atoms with Gasteiger partial charge in [0.05, 0.1) is 35.7 Å². The number of carbonyl (C=O) groups excluding carboxylic acids is 1. The summed E-state index contributed by atoms with van der Waals surface area (Å²) in [5.41, 5.74) is 2.58. The predicted molar refractivity (Wildman–Crippen MR) is 109 cm³/mol. The van der Waals surface area contributed by atoms with Crippen molar-refractivity contribution in [2.24, 2.45) is 7.05 Å². The van der Waals surface area contributed by atoms with E-state index in [4.69, 9.17) is 9.47 Å². The van der Waals surface area contributed by atoms with Crippen molar-refractivity contribution < 1.29 is 14.3 Å². The number of thioether (sulfide) groups is 1. The SMILES string of the molecule is CCOc1ccc(OCC)c(NC(=O)CSc2nc3ccccc3n2C)c1. The molecule has 1 heterocycles. The van der Waals surface area contributed by atoms with Crippen LogP contribution in [0.15, 0.2) is 47.6 Å². The number of para-hydroxylation sites is 2. The minimum atomic E-state index is -0.123. The number of carbonyl (C=O) groups is 1. The molecule has 3 rings (SSSR count). The second kappa shape index (κ2) is 8.81. The first-order chi connectivity index (χ1) is 13.1. The van der Waals surface area contributed by atoms with Gasteiger partial charge in [0.25, 0.3) is 0 Å². The molecule has 1 N–H and O–H groups in total. The smallest absolute Gasteiger partial charge is 0.234 e. The number of hydrogen-bond acceptors (Lipinski definition) is 5. The van der Waals surface area contributed by atoms with Crippen LogP contribution in [-0.2, 0) is 11.8 Å². The number of aromatic nitrogens is 2. The van der Waals surface area contributed by atoms with Crippen LogP contribution in [0.25, 0.3) is 11.0 Å². The largest absolute Gasteiger partial charge is 0.494 e. The van der Waals surface area contributed by atoms with Gasteiger partial charge in [-0.15, -0.1) is 0 Å². The Kier molecular flexibility index (Phi) is 6.24. The van der Waals surface area contributed by atoms with Gasteiger partial charge in [-0.2, -0.15) is 0 Å². The maximum Gasteiger partial charge on any atom is 0.234 e. The summed E-state index contributed by atoms with van der Waals surface area (Å²) in [7, 11) is 1.95. The molecule has 0 bridgehead atoms. The van der Waals surface area contributed by atoms with Crippen LogP contribution >= 0.6 is 11.8 Å². The van der Waals surface area contributed by atoms with Gasteiger partial charge in [0.1, 0.15) is 11.5 Å². The van der Waals surface area contributed by atoms with Crippen molar-refractivity contribution in [1.29, 1.82) is 0 Å². The molecule has 2 aromatic carbocycles. The number of nitrogens with one attached hydrogen (secondary N) is 1. The first-order valence-corrected chi connectivity index (χ1v) is 9.84. The average Bonchev–Trinajstić information content (AvgIpc) is 2.99. The highest BCUT2D eigenvalue weighted by Gasteiger charge is 2.13. The lowest BCUT2D eigenvalue weighted by molar-refractivity contribution is -0.113. The number of hydrogen-bond donors (Lipinski definition) is 1. The Morgan fingerprint density at radius 3 is 2.67 bits per heavy atom. The Morgan fingerprint density at radius 2 is 1.93 bits per heavy atom. The molecule has 0 aliphatic carbocycles. The van der Waals surface area contributed by atoms with Crippen LogP contribution in [0.2, 0.25) is 0 Å². The van der Waals surface area contributed by atoms with E-state index in [0.717, 1.165) is 16.2 Å². The van der Waals surface area contributed by atoms with Crippen LogP contribution in [0.3, 0.4) is 0 Å². The third-order valence-corrected chi connectivity index (χ3v) is 4.94. The lowest BCUT2D eigenvalue weighted by atomic mass is 10.2. The lowest BCUT2D eigenvalue weighted by Crippen LogP contribution is -2.15. The van der Waals surface area contributed by atoms with Crippen molar-refractivity contribution in [3.8, 4) is 11.5 Å². The van der Waals surface area contributed by atoms with Crippen LogP contribution < -0.4 is 14.8 Å². The van der Waals surface area contributed by atoms with Gasteiger partial charge in [0.2, 0.25) is 5.91 Å². The van der Waals surface area contributed by atoms with Gasteiger partial charge < -0.3 is 19.4 Å². The zero-order chi connectivity index (χ0) is 19.2.